The van der Waals surface area contributed by atoms with Gasteiger partial charge in [0, 0.05) is 15.6 Å². The Morgan fingerprint density at radius 3 is 2.30 bits per heavy atom. The van der Waals surface area contributed by atoms with Gasteiger partial charge in [0.15, 0.2) is 6.10 Å². The van der Waals surface area contributed by atoms with Crippen molar-refractivity contribution in [3.8, 4) is 5.75 Å². The third-order valence-electron chi connectivity index (χ3n) is 2.70. The highest BCUT2D eigenvalue weighted by Gasteiger charge is 2.18. The number of rotatable bonds is 4. The molecule has 2 nitrogen and oxygen atoms in total. The highest BCUT2D eigenvalue weighted by atomic mass is 79.9. The third kappa shape index (κ3) is 3.75. The molecule has 0 amide bonds. The summed E-state index contributed by atoms with van der Waals surface area (Å²) < 4.78 is 6.37. The van der Waals surface area contributed by atoms with Crippen LogP contribution in [0.5, 0.6) is 5.75 Å². The van der Waals surface area contributed by atoms with E-state index in [9.17, 15) is 4.79 Å². The number of halogens is 3. The van der Waals surface area contributed by atoms with Crippen molar-refractivity contribution in [2.75, 3.05) is 0 Å². The molecule has 0 aromatic heterocycles. The first kappa shape index (κ1) is 15.4. The number of carbonyl (C=O) groups excluding carboxylic acids is 1. The maximum atomic E-state index is 12.2. The zero-order chi connectivity index (χ0) is 14.7. The molecule has 0 aliphatic heterocycles. The zero-order valence-electron chi connectivity index (χ0n) is 10.6. The normalized spacial score (nSPS) is 12.0. The van der Waals surface area contributed by atoms with E-state index in [-0.39, 0.29) is 5.78 Å². The van der Waals surface area contributed by atoms with E-state index in [0.29, 0.717) is 25.8 Å². The van der Waals surface area contributed by atoms with Gasteiger partial charge in [-0.05, 0) is 65.3 Å². The van der Waals surface area contributed by atoms with Crippen molar-refractivity contribution >= 4 is 44.9 Å². The lowest BCUT2D eigenvalue weighted by Crippen LogP contribution is -2.24. The summed E-state index contributed by atoms with van der Waals surface area (Å²) in [6, 6.07) is 11.9. The van der Waals surface area contributed by atoms with Crippen LogP contribution in [0.25, 0.3) is 0 Å². The molecule has 0 saturated carbocycles. The highest BCUT2D eigenvalue weighted by Crippen LogP contribution is 2.29. The fourth-order valence-corrected chi connectivity index (χ4v) is 2.57. The summed E-state index contributed by atoms with van der Waals surface area (Å²) in [7, 11) is 0. The minimum atomic E-state index is -0.603. The largest absolute Gasteiger partial charge is 0.481 e. The Morgan fingerprint density at radius 1 is 1.10 bits per heavy atom. The SMILES string of the molecule is CC(Oc1ccc(Cl)cc1Br)C(=O)c1ccc(Cl)cc1. The second-order valence-corrected chi connectivity index (χ2v) is 5.93. The van der Waals surface area contributed by atoms with Crippen LogP contribution in [0.1, 0.15) is 17.3 Å². The van der Waals surface area contributed by atoms with Crippen molar-refractivity contribution in [2.45, 2.75) is 13.0 Å². The Labute approximate surface area is 135 Å². The molecule has 0 aliphatic rings. The summed E-state index contributed by atoms with van der Waals surface area (Å²) in [5.74, 6) is 0.465. The summed E-state index contributed by atoms with van der Waals surface area (Å²) >= 11 is 15.0. The number of hydrogen-bond donors (Lipinski definition) is 0. The Hall–Kier alpha value is -1.03. The summed E-state index contributed by atoms with van der Waals surface area (Å²) in [6.45, 7) is 1.71. The average molecular weight is 374 g/mol. The first-order chi connectivity index (χ1) is 9.47. The fraction of sp³-hybridized carbons (Fsp3) is 0.133. The second-order valence-electron chi connectivity index (χ2n) is 4.21. The van der Waals surface area contributed by atoms with E-state index in [1.54, 1.807) is 49.4 Å². The molecule has 0 aliphatic carbocycles. The lowest BCUT2D eigenvalue weighted by molar-refractivity contribution is 0.0817. The Morgan fingerprint density at radius 2 is 1.70 bits per heavy atom. The van der Waals surface area contributed by atoms with Crippen molar-refractivity contribution in [1.29, 1.82) is 0 Å². The summed E-state index contributed by atoms with van der Waals surface area (Å²) in [5.41, 5.74) is 0.562. The number of ketones is 1. The molecule has 0 heterocycles. The van der Waals surface area contributed by atoms with Gasteiger partial charge in [-0.15, -0.1) is 0 Å². The van der Waals surface area contributed by atoms with Gasteiger partial charge in [-0.3, -0.25) is 4.79 Å². The van der Waals surface area contributed by atoms with Crippen LogP contribution in [-0.4, -0.2) is 11.9 Å². The molecule has 0 spiro atoms. The van der Waals surface area contributed by atoms with Gasteiger partial charge in [0.2, 0.25) is 5.78 Å². The Balaban J connectivity index is 2.13. The van der Waals surface area contributed by atoms with Gasteiger partial charge < -0.3 is 4.74 Å². The number of Topliss-reactive ketones (excluding diaryl/α,β-unsaturated/α-hetero) is 1. The second kappa shape index (κ2) is 6.61. The molecule has 5 heteroatoms. The maximum absolute atomic E-state index is 12.2. The number of benzene rings is 2. The predicted octanol–water partition coefficient (Wildman–Crippen LogP) is 5.41. The molecular formula is C15H11BrCl2O2. The molecule has 1 atom stereocenters. The van der Waals surface area contributed by atoms with Crippen LogP contribution < -0.4 is 4.74 Å². The first-order valence-corrected chi connectivity index (χ1v) is 7.44. The van der Waals surface area contributed by atoms with Gasteiger partial charge in [0.25, 0.3) is 0 Å². The molecule has 2 aromatic carbocycles. The van der Waals surface area contributed by atoms with Crippen LogP contribution >= 0.6 is 39.1 Å². The smallest absolute Gasteiger partial charge is 0.202 e. The van der Waals surface area contributed by atoms with E-state index in [1.807, 2.05) is 0 Å². The van der Waals surface area contributed by atoms with E-state index in [2.05, 4.69) is 15.9 Å². The van der Waals surface area contributed by atoms with E-state index in [0.717, 1.165) is 0 Å². The summed E-state index contributed by atoms with van der Waals surface area (Å²) in [4.78, 5) is 12.2. The molecule has 0 bridgehead atoms. The Kier molecular flexibility index (Phi) is 5.08. The molecule has 0 radical (unpaired) electrons. The van der Waals surface area contributed by atoms with E-state index < -0.39 is 6.10 Å². The molecular weight excluding hydrogens is 363 g/mol. The van der Waals surface area contributed by atoms with E-state index in [4.69, 9.17) is 27.9 Å². The highest BCUT2D eigenvalue weighted by molar-refractivity contribution is 9.10. The molecule has 1 unspecified atom stereocenters. The van der Waals surface area contributed by atoms with Crippen LogP contribution in [0.15, 0.2) is 46.9 Å². The van der Waals surface area contributed by atoms with Crippen LogP contribution in [0.4, 0.5) is 0 Å². The zero-order valence-corrected chi connectivity index (χ0v) is 13.7. The van der Waals surface area contributed by atoms with Gasteiger partial charge in [-0.2, -0.15) is 0 Å². The van der Waals surface area contributed by atoms with Crippen LogP contribution in [0.2, 0.25) is 10.0 Å². The summed E-state index contributed by atoms with van der Waals surface area (Å²) in [5, 5.41) is 1.19. The minimum absolute atomic E-state index is 0.108. The Bertz CT molecular complexity index is 626. The molecule has 0 saturated heterocycles. The van der Waals surface area contributed by atoms with Crippen molar-refractivity contribution in [1.82, 2.24) is 0 Å². The maximum Gasteiger partial charge on any atom is 0.202 e. The molecule has 0 fully saturated rings. The van der Waals surface area contributed by atoms with E-state index >= 15 is 0 Å². The molecule has 2 rings (SSSR count). The van der Waals surface area contributed by atoms with Gasteiger partial charge in [0.05, 0.1) is 4.47 Å². The number of ether oxygens (including phenoxy) is 1. The molecule has 104 valence electrons. The van der Waals surface area contributed by atoms with Crippen LogP contribution in [-0.2, 0) is 0 Å². The molecule has 20 heavy (non-hydrogen) atoms. The van der Waals surface area contributed by atoms with Gasteiger partial charge >= 0.3 is 0 Å². The summed E-state index contributed by atoms with van der Waals surface area (Å²) in [6.07, 6.45) is -0.603. The molecule has 2 aromatic rings. The van der Waals surface area contributed by atoms with E-state index in [1.165, 1.54) is 0 Å². The minimum Gasteiger partial charge on any atom is -0.481 e. The van der Waals surface area contributed by atoms with Gasteiger partial charge in [0.1, 0.15) is 5.75 Å². The third-order valence-corrected chi connectivity index (χ3v) is 3.80. The van der Waals surface area contributed by atoms with Crippen molar-refractivity contribution in [3.05, 3.63) is 62.5 Å². The predicted molar refractivity (Wildman–Crippen MR) is 85.0 cm³/mol. The number of hydrogen-bond acceptors (Lipinski definition) is 2. The number of carbonyl (C=O) groups is 1. The van der Waals surface area contributed by atoms with Crippen LogP contribution in [0, 0.1) is 0 Å². The lowest BCUT2D eigenvalue weighted by Gasteiger charge is -2.15. The van der Waals surface area contributed by atoms with Gasteiger partial charge in [-0.25, -0.2) is 0 Å². The first-order valence-electron chi connectivity index (χ1n) is 5.89. The van der Waals surface area contributed by atoms with Crippen molar-refractivity contribution in [2.24, 2.45) is 0 Å². The standard InChI is InChI=1S/C15H11BrCl2O2/c1-9(15(19)10-2-4-11(17)5-3-10)20-14-7-6-12(18)8-13(14)16/h2-9H,1H3. The quantitative estimate of drug-likeness (QED) is 0.670. The van der Waals surface area contributed by atoms with Crippen LogP contribution in [0.3, 0.4) is 0 Å². The van der Waals surface area contributed by atoms with Crippen molar-refractivity contribution in [3.63, 3.8) is 0 Å². The molecule has 0 N–H and O–H groups in total. The topological polar surface area (TPSA) is 26.3 Å². The fourth-order valence-electron chi connectivity index (χ4n) is 1.66. The lowest BCUT2D eigenvalue weighted by atomic mass is 10.1. The average Bonchev–Trinajstić information content (AvgIpc) is 2.42. The van der Waals surface area contributed by atoms with Gasteiger partial charge in [-0.1, -0.05) is 23.2 Å². The van der Waals surface area contributed by atoms with Crippen molar-refractivity contribution < 1.29 is 9.53 Å². The monoisotopic (exact) mass is 372 g/mol.